The van der Waals surface area contributed by atoms with Crippen molar-refractivity contribution in [3.05, 3.63) is 53.1 Å². The Morgan fingerprint density at radius 2 is 1.45 bits per heavy atom. The van der Waals surface area contributed by atoms with Crippen molar-refractivity contribution < 1.29 is 33.3 Å². The van der Waals surface area contributed by atoms with E-state index in [4.69, 9.17) is 23.7 Å². The molecule has 0 radical (unpaired) electrons. The molecule has 0 unspecified atom stereocenters. The summed E-state index contributed by atoms with van der Waals surface area (Å²) in [5, 5.41) is 0. The van der Waals surface area contributed by atoms with E-state index in [-0.39, 0.29) is 12.2 Å². The molecule has 0 aliphatic carbocycles. The number of ether oxygens (including phenoxy) is 5. The van der Waals surface area contributed by atoms with Crippen LogP contribution >= 0.6 is 0 Å². The van der Waals surface area contributed by atoms with Gasteiger partial charge in [0.1, 0.15) is 11.3 Å². The van der Waals surface area contributed by atoms with Gasteiger partial charge in [0.15, 0.2) is 17.3 Å². The third-order valence-corrected chi connectivity index (χ3v) is 4.09. The number of benzene rings is 2. The molecule has 29 heavy (non-hydrogen) atoms. The number of carbonyl (C=O) groups is 2. The maximum Gasteiger partial charge on any atom is 0.342 e. The molecule has 0 heterocycles. The lowest BCUT2D eigenvalue weighted by molar-refractivity contribution is -0.137. The van der Waals surface area contributed by atoms with Gasteiger partial charge < -0.3 is 23.7 Å². The summed E-state index contributed by atoms with van der Waals surface area (Å²) < 4.78 is 26.2. The minimum atomic E-state index is -0.720. The van der Waals surface area contributed by atoms with Crippen molar-refractivity contribution in [2.75, 3.05) is 35.0 Å². The van der Waals surface area contributed by atoms with Gasteiger partial charge in [-0.2, -0.15) is 0 Å². The first-order valence-corrected chi connectivity index (χ1v) is 8.86. The zero-order chi connectivity index (χ0) is 21.4. The van der Waals surface area contributed by atoms with Crippen LogP contribution < -0.4 is 18.9 Å². The van der Waals surface area contributed by atoms with Crippen molar-refractivity contribution in [2.24, 2.45) is 0 Å². The van der Waals surface area contributed by atoms with E-state index in [1.165, 1.54) is 34.5 Å². The minimum Gasteiger partial charge on any atom is -0.497 e. The van der Waals surface area contributed by atoms with Gasteiger partial charge in [-0.15, -0.1) is 0 Å². The summed E-state index contributed by atoms with van der Waals surface area (Å²) in [6.07, 6.45) is 1.44. The highest BCUT2D eigenvalue weighted by atomic mass is 16.5. The molecule has 154 valence electrons. The lowest BCUT2D eigenvalue weighted by Gasteiger charge is -2.13. The number of Topliss-reactive ketones (excluding diaryl/α,β-unsaturated/α-hetero) is 1. The van der Waals surface area contributed by atoms with Crippen LogP contribution in [0.4, 0.5) is 0 Å². The smallest absolute Gasteiger partial charge is 0.342 e. The monoisotopic (exact) mass is 400 g/mol. The highest BCUT2D eigenvalue weighted by molar-refractivity contribution is 6.26. The molecule has 0 bridgehead atoms. The molecule has 0 aromatic heterocycles. The number of hydrogen-bond donors (Lipinski definition) is 0. The predicted octanol–water partition coefficient (Wildman–Crippen LogP) is 3.55. The molecule has 7 nitrogen and oxygen atoms in total. The third-order valence-electron chi connectivity index (χ3n) is 4.09. The van der Waals surface area contributed by atoms with Crippen LogP contribution in [0.3, 0.4) is 0 Å². The molecule has 0 saturated heterocycles. The normalized spacial score (nSPS) is 10.9. The Hall–Kier alpha value is -3.48. The number of hydrogen-bond acceptors (Lipinski definition) is 7. The molecule has 2 rings (SSSR count). The van der Waals surface area contributed by atoms with Gasteiger partial charge in [-0.1, -0.05) is 0 Å². The fourth-order valence-electron chi connectivity index (χ4n) is 2.68. The standard InChI is InChI=1S/C22H24O7/c1-6-29-22(24)17(20(23)15-7-9-16(25-2)10-8-15)11-14-12-18(26-3)21(28-5)19(13-14)27-4/h7-13H,6H2,1-5H3/b17-11-. The summed E-state index contributed by atoms with van der Waals surface area (Å²) in [7, 11) is 6.00. The van der Waals surface area contributed by atoms with Crippen LogP contribution in [0.2, 0.25) is 0 Å². The van der Waals surface area contributed by atoms with Crippen LogP contribution in [0.15, 0.2) is 42.0 Å². The number of ketones is 1. The van der Waals surface area contributed by atoms with Gasteiger partial charge in [-0.3, -0.25) is 4.79 Å². The Kier molecular flexibility index (Phi) is 7.65. The highest BCUT2D eigenvalue weighted by Crippen LogP contribution is 2.38. The number of carbonyl (C=O) groups excluding carboxylic acids is 2. The zero-order valence-electron chi connectivity index (χ0n) is 17.1. The van der Waals surface area contributed by atoms with E-state index in [1.807, 2.05) is 0 Å². The average molecular weight is 400 g/mol. The Labute approximate surface area is 169 Å². The summed E-state index contributed by atoms with van der Waals surface area (Å²) in [6, 6.07) is 9.75. The van der Waals surface area contributed by atoms with E-state index >= 15 is 0 Å². The van der Waals surface area contributed by atoms with Crippen molar-refractivity contribution in [2.45, 2.75) is 6.92 Å². The zero-order valence-corrected chi connectivity index (χ0v) is 17.1. The Balaban J connectivity index is 2.55. The molecule has 0 amide bonds. The molecule has 0 aliphatic rings. The summed E-state index contributed by atoms with van der Waals surface area (Å²) in [5.41, 5.74) is 0.730. The molecule has 0 fully saturated rings. The van der Waals surface area contributed by atoms with E-state index in [1.54, 1.807) is 43.3 Å². The fourth-order valence-corrected chi connectivity index (χ4v) is 2.68. The summed E-state index contributed by atoms with van der Waals surface area (Å²) in [5.74, 6) is 0.623. The van der Waals surface area contributed by atoms with Gasteiger partial charge in [0.25, 0.3) is 0 Å². The molecule has 0 atom stereocenters. The van der Waals surface area contributed by atoms with Crippen molar-refractivity contribution in [3.63, 3.8) is 0 Å². The molecule has 2 aromatic carbocycles. The van der Waals surface area contributed by atoms with Crippen molar-refractivity contribution in [1.29, 1.82) is 0 Å². The molecular formula is C22H24O7. The summed E-state index contributed by atoms with van der Waals surface area (Å²) in [6.45, 7) is 1.81. The number of methoxy groups -OCH3 is 4. The van der Waals surface area contributed by atoms with Gasteiger partial charge in [-0.25, -0.2) is 4.79 Å². The highest BCUT2D eigenvalue weighted by Gasteiger charge is 2.22. The van der Waals surface area contributed by atoms with Gasteiger partial charge in [0.2, 0.25) is 5.75 Å². The topological polar surface area (TPSA) is 80.3 Å². The Morgan fingerprint density at radius 1 is 0.862 bits per heavy atom. The van der Waals surface area contributed by atoms with E-state index < -0.39 is 11.8 Å². The summed E-state index contributed by atoms with van der Waals surface area (Å²) >= 11 is 0. The van der Waals surface area contributed by atoms with Crippen molar-refractivity contribution >= 4 is 17.8 Å². The quantitative estimate of drug-likeness (QED) is 0.209. The van der Waals surface area contributed by atoms with Crippen molar-refractivity contribution in [1.82, 2.24) is 0 Å². The Morgan fingerprint density at radius 3 is 1.90 bits per heavy atom. The molecule has 0 N–H and O–H groups in total. The molecule has 7 heteroatoms. The van der Waals surface area contributed by atoms with Crippen LogP contribution in [-0.2, 0) is 9.53 Å². The van der Waals surface area contributed by atoms with Crippen molar-refractivity contribution in [3.8, 4) is 23.0 Å². The molecule has 2 aromatic rings. The third kappa shape index (κ3) is 5.07. The van der Waals surface area contributed by atoms with Crippen LogP contribution in [0.5, 0.6) is 23.0 Å². The van der Waals surface area contributed by atoms with Crippen LogP contribution in [0.25, 0.3) is 6.08 Å². The largest absolute Gasteiger partial charge is 0.497 e. The fraction of sp³-hybridized carbons (Fsp3) is 0.273. The molecule has 0 aliphatic heterocycles. The molecular weight excluding hydrogens is 376 g/mol. The van der Waals surface area contributed by atoms with Crippen LogP contribution in [0.1, 0.15) is 22.8 Å². The average Bonchev–Trinajstić information content (AvgIpc) is 2.76. The minimum absolute atomic E-state index is 0.119. The van der Waals surface area contributed by atoms with E-state index in [0.29, 0.717) is 34.1 Å². The second-order valence-corrected chi connectivity index (χ2v) is 5.79. The predicted molar refractivity (Wildman–Crippen MR) is 108 cm³/mol. The van der Waals surface area contributed by atoms with E-state index in [0.717, 1.165) is 0 Å². The maximum absolute atomic E-state index is 13.0. The lowest BCUT2D eigenvalue weighted by atomic mass is 10.0. The van der Waals surface area contributed by atoms with Crippen LogP contribution in [0, 0.1) is 0 Å². The number of rotatable bonds is 9. The first kappa shape index (κ1) is 21.8. The second kappa shape index (κ2) is 10.2. The second-order valence-electron chi connectivity index (χ2n) is 5.79. The van der Waals surface area contributed by atoms with Gasteiger partial charge in [0, 0.05) is 5.56 Å². The first-order valence-electron chi connectivity index (χ1n) is 8.86. The molecule has 0 spiro atoms. The SMILES string of the molecule is CCOC(=O)/C(=C\c1cc(OC)c(OC)c(OC)c1)C(=O)c1ccc(OC)cc1. The van der Waals surface area contributed by atoms with E-state index in [2.05, 4.69) is 0 Å². The summed E-state index contributed by atoms with van der Waals surface area (Å²) in [4.78, 5) is 25.5. The first-order chi connectivity index (χ1) is 14.0. The van der Waals surface area contributed by atoms with Gasteiger partial charge in [-0.05, 0) is 55.0 Å². The maximum atomic E-state index is 13.0. The van der Waals surface area contributed by atoms with E-state index in [9.17, 15) is 9.59 Å². The number of esters is 1. The Bertz CT molecular complexity index is 873. The van der Waals surface area contributed by atoms with Gasteiger partial charge in [0.05, 0.1) is 35.0 Å². The molecule has 0 saturated carbocycles. The van der Waals surface area contributed by atoms with Gasteiger partial charge >= 0.3 is 5.97 Å². The lowest BCUT2D eigenvalue weighted by Crippen LogP contribution is -2.16. The van der Waals surface area contributed by atoms with Crippen LogP contribution in [-0.4, -0.2) is 46.8 Å².